The molecular weight excluding hydrogens is 238 g/mol. The first-order valence-corrected chi connectivity index (χ1v) is 5.86. The number of nitrogens with two attached hydrogens (primary N) is 1. The van der Waals surface area contributed by atoms with Gasteiger partial charge in [-0.15, -0.1) is 12.4 Å². The fraction of sp³-hybridized carbons (Fsp3) is 0.583. The maximum absolute atomic E-state index is 6.12. The Labute approximate surface area is 108 Å². The van der Waals surface area contributed by atoms with Gasteiger partial charge in [0.2, 0.25) is 0 Å². The van der Waals surface area contributed by atoms with E-state index in [1.807, 2.05) is 6.20 Å². The molecule has 1 saturated carbocycles. The van der Waals surface area contributed by atoms with Gasteiger partial charge in [-0.05, 0) is 24.5 Å². The SMILES string of the molecule is Cl.NC1(c2ccc(N3CCOCC3)nc2)CC1. The zero-order valence-corrected chi connectivity index (χ0v) is 10.6. The number of nitrogens with zero attached hydrogens (tertiary/aromatic N) is 2. The average molecular weight is 256 g/mol. The van der Waals surface area contributed by atoms with E-state index in [2.05, 4.69) is 22.0 Å². The van der Waals surface area contributed by atoms with E-state index in [1.165, 1.54) is 5.56 Å². The largest absolute Gasteiger partial charge is 0.378 e. The lowest BCUT2D eigenvalue weighted by molar-refractivity contribution is 0.122. The first-order chi connectivity index (χ1) is 7.78. The second-order valence-electron chi connectivity index (χ2n) is 4.66. The van der Waals surface area contributed by atoms with Gasteiger partial charge in [-0.25, -0.2) is 4.98 Å². The minimum absolute atomic E-state index is 0. The van der Waals surface area contributed by atoms with Crippen LogP contribution in [-0.2, 0) is 10.3 Å². The number of hydrogen-bond donors (Lipinski definition) is 1. The molecule has 1 aliphatic heterocycles. The number of morpholine rings is 1. The summed E-state index contributed by atoms with van der Waals surface area (Å²) in [4.78, 5) is 6.75. The molecule has 3 rings (SSSR count). The maximum Gasteiger partial charge on any atom is 0.128 e. The molecule has 0 spiro atoms. The first kappa shape index (κ1) is 12.6. The fourth-order valence-corrected chi connectivity index (χ4v) is 2.08. The molecule has 17 heavy (non-hydrogen) atoms. The Hall–Kier alpha value is -0.840. The van der Waals surface area contributed by atoms with Crippen LogP contribution < -0.4 is 10.6 Å². The summed E-state index contributed by atoms with van der Waals surface area (Å²) in [5.74, 6) is 1.04. The summed E-state index contributed by atoms with van der Waals surface area (Å²) in [5, 5.41) is 0. The predicted octanol–water partition coefficient (Wildman–Crippen LogP) is 1.29. The van der Waals surface area contributed by atoms with Crippen LogP contribution in [0.1, 0.15) is 18.4 Å². The van der Waals surface area contributed by atoms with Crippen LogP contribution >= 0.6 is 12.4 Å². The van der Waals surface area contributed by atoms with Gasteiger partial charge in [-0.2, -0.15) is 0 Å². The number of rotatable bonds is 2. The van der Waals surface area contributed by atoms with Gasteiger partial charge in [0.15, 0.2) is 0 Å². The predicted molar refractivity (Wildman–Crippen MR) is 69.6 cm³/mol. The Morgan fingerprint density at radius 1 is 1.24 bits per heavy atom. The van der Waals surface area contributed by atoms with Crippen molar-refractivity contribution in [2.75, 3.05) is 31.2 Å². The van der Waals surface area contributed by atoms with Crippen molar-refractivity contribution in [3.63, 3.8) is 0 Å². The summed E-state index contributed by atoms with van der Waals surface area (Å²) >= 11 is 0. The highest BCUT2D eigenvalue weighted by Gasteiger charge is 2.40. The van der Waals surface area contributed by atoms with Gasteiger partial charge in [0.25, 0.3) is 0 Å². The van der Waals surface area contributed by atoms with Crippen molar-refractivity contribution in [2.45, 2.75) is 18.4 Å². The molecule has 1 saturated heterocycles. The Morgan fingerprint density at radius 2 is 1.94 bits per heavy atom. The molecule has 2 fully saturated rings. The van der Waals surface area contributed by atoms with E-state index in [9.17, 15) is 0 Å². The smallest absolute Gasteiger partial charge is 0.128 e. The van der Waals surface area contributed by atoms with Crippen LogP contribution in [0.15, 0.2) is 18.3 Å². The summed E-state index contributed by atoms with van der Waals surface area (Å²) in [5.41, 5.74) is 7.22. The summed E-state index contributed by atoms with van der Waals surface area (Å²) in [6, 6.07) is 4.19. The maximum atomic E-state index is 6.12. The molecule has 0 atom stereocenters. The van der Waals surface area contributed by atoms with Crippen molar-refractivity contribution in [2.24, 2.45) is 5.73 Å². The van der Waals surface area contributed by atoms with E-state index < -0.39 is 0 Å². The molecule has 5 heteroatoms. The topological polar surface area (TPSA) is 51.4 Å². The van der Waals surface area contributed by atoms with Gasteiger partial charge < -0.3 is 15.4 Å². The van der Waals surface area contributed by atoms with Gasteiger partial charge in [0.1, 0.15) is 5.82 Å². The lowest BCUT2D eigenvalue weighted by Gasteiger charge is -2.28. The standard InChI is InChI=1S/C12H17N3O.ClH/c13-12(3-4-12)10-1-2-11(14-9-10)15-5-7-16-8-6-15;/h1-2,9H,3-8,13H2;1H. The first-order valence-electron chi connectivity index (χ1n) is 5.86. The molecule has 0 amide bonds. The van der Waals surface area contributed by atoms with E-state index >= 15 is 0 Å². The van der Waals surface area contributed by atoms with Gasteiger partial charge >= 0.3 is 0 Å². The van der Waals surface area contributed by atoms with Gasteiger partial charge in [0, 0.05) is 24.8 Å². The molecule has 2 heterocycles. The zero-order chi connectivity index (χ0) is 11.0. The molecule has 0 unspecified atom stereocenters. The molecule has 2 N–H and O–H groups in total. The normalized spacial score (nSPS) is 21.8. The van der Waals surface area contributed by atoms with E-state index in [4.69, 9.17) is 10.5 Å². The van der Waals surface area contributed by atoms with Crippen LogP contribution in [0.25, 0.3) is 0 Å². The molecular formula is C12H18ClN3O. The van der Waals surface area contributed by atoms with Crippen LogP contribution in [0.4, 0.5) is 5.82 Å². The third-order valence-electron chi connectivity index (χ3n) is 3.45. The van der Waals surface area contributed by atoms with Crippen molar-refractivity contribution in [3.8, 4) is 0 Å². The lowest BCUT2D eigenvalue weighted by Crippen LogP contribution is -2.36. The van der Waals surface area contributed by atoms with Gasteiger partial charge in [0.05, 0.1) is 13.2 Å². The van der Waals surface area contributed by atoms with Gasteiger partial charge in [-0.3, -0.25) is 0 Å². The highest BCUT2D eigenvalue weighted by molar-refractivity contribution is 5.85. The Balaban J connectivity index is 0.00000108. The monoisotopic (exact) mass is 255 g/mol. The second kappa shape index (κ2) is 4.80. The fourth-order valence-electron chi connectivity index (χ4n) is 2.08. The number of ether oxygens (including phenoxy) is 1. The quantitative estimate of drug-likeness (QED) is 0.865. The van der Waals surface area contributed by atoms with Crippen LogP contribution in [-0.4, -0.2) is 31.3 Å². The van der Waals surface area contributed by atoms with E-state index in [0.717, 1.165) is 45.0 Å². The van der Waals surface area contributed by atoms with Crippen molar-refractivity contribution in [1.29, 1.82) is 0 Å². The summed E-state index contributed by atoms with van der Waals surface area (Å²) < 4.78 is 5.32. The van der Waals surface area contributed by atoms with Gasteiger partial charge in [-0.1, -0.05) is 6.07 Å². The summed E-state index contributed by atoms with van der Waals surface area (Å²) in [7, 11) is 0. The molecule has 1 aliphatic carbocycles. The minimum atomic E-state index is -0.0729. The number of halogens is 1. The van der Waals surface area contributed by atoms with Crippen molar-refractivity contribution >= 4 is 18.2 Å². The summed E-state index contributed by atoms with van der Waals surface area (Å²) in [6.07, 6.45) is 4.11. The third-order valence-corrected chi connectivity index (χ3v) is 3.45. The highest BCUT2D eigenvalue weighted by Crippen LogP contribution is 2.42. The zero-order valence-electron chi connectivity index (χ0n) is 9.76. The van der Waals surface area contributed by atoms with Crippen molar-refractivity contribution in [3.05, 3.63) is 23.9 Å². The summed E-state index contributed by atoms with van der Waals surface area (Å²) in [6.45, 7) is 3.45. The van der Waals surface area contributed by atoms with Crippen LogP contribution in [0, 0.1) is 0 Å². The van der Waals surface area contributed by atoms with Crippen LogP contribution in [0.2, 0.25) is 0 Å². The molecule has 1 aromatic rings. The minimum Gasteiger partial charge on any atom is -0.378 e. The molecule has 94 valence electrons. The number of anilines is 1. The van der Waals surface area contributed by atoms with Crippen molar-refractivity contribution < 1.29 is 4.74 Å². The van der Waals surface area contributed by atoms with Crippen LogP contribution in [0.5, 0.6) is 0 Å². The molecule has 2 aliphatic rings. The molecule has 4 nitrogen and oxygen atoms in total. The Bertz CT molecular complexity index is 372. The number of pyridine rings is 1. The molecule has 0 bridgehead atoms. The Morgan fingerprint density at radius 3 is 2.47 bits per heavy atom. The lowest BCUT2D eigenvalue weighted by atomic mass is 10.1. The second-order valence-corrected chi connectivity index (χ2v) is 4.66. The highest BCUT2D eigenvalue weighted by atomic mass is 35.5. The van der Waals surface area contributed by atoms with E-state index in [1.54, 1.807) is 0 Å². The molecule has 1 aromatic heterocycles. The average Bonchev–Trinajstić information content (AvgIpc) is 3.10. The van der Waals surface area contributed by atoms with Crippen LogP contribution in [0.3, 0.4) is 0 Å². The number of hydrogen-bond acceptors (Lipinski definition) is 4. The Kier molecular flexibility index (Phi) is 3.56. The van der Waals surface area contributed by atoms with E-state index in [-0.39, 0.29) is 17.9 Å². The third kappa shape index (κ3) is 2.54. The molecule has 0 radical (unpaired) electrons. The van der Waals surface area contributed by atoms with E-state index in [0.29, 0.717) is 0 Å². The molecule has 0 aromatic carbocycles. The number of aromatic nitrogens is 1. The van der Waals surface area contributed by atoms with Crippen molar-refractivity contribution in [1.82, 2.24) is 4.98 Å².